The zero-order valence-corrected chi connectivity index (χ0v) is 18.9. The number of carbonyl (C=O) groups excluding carboxylic acids is 1. The number of aromatic nitrogens is 4. The summed E-state index contributed by atoms with van der Waals surface area (Å²) in [5.41, 5.74) is 1.02. The molecule has 0 fully saturated rings. The van der Waals surface area contributed by atoms with Crippen molar-refractivity contribution in [3.05, 3.63) is 56.9 Å². The van der Waals surface area contributed by atoms with Gasteiger partial charge in [0.2, 0.25) is 5.95 Å². The number of nitrogens with one attached hydrogen (secondary N) is 2. The Kier molecular flexibility index (Phi) is 6.30. The standard InChI is InChI=1S/C20H22ClN7O4/c1-11-6-7-13(28(30)31)9-15(11)23-18-22-10-14(21)17(24-18)27(16-8-12(2)25-26-16)19(29)32-20(3,4)5/h6-10H,1-5H3,(H,25,26)(H,22,23,24). The Morgan fingerprint density at radius 1 is 1.28 bits per heavy atom. The van der Waals surface area contributed by atoms with Crippen molar-refractivity contribution in [1.29, 1.82) is 0 Å². The minimum absolute atomic E-state index is 0.0352. The lowest BCUT2D eigenvalue weighted by Gasteiger charge is -2.26. The van der Waals surface area contributed by atoms with E-state index in [-0.39, 0.29) is 28.3 Å². The van der Waals surface area contributed by atoms with E-state index in [1.165, 1.54) is 18.3 Å². The van der Waals surface area contributed by atoms with Gasteiger partial charge in [-0.2, -0.15) is 10.1 Å². The van der Waals surface area contributed by atoms with Gasteiger partial charge in [0.15, 0.2) is 11.6 Å². The molecule has 0 aliphatic carbocycles. The lowest BCUT2D eigenvalue weighted by molar-refractivity contribution is -0.384. The molecule has 12 heteroatoms. The van der Waals surface area contributed by atoms with Crippen LogP contribution in [0.1, 0.15) is 32.0 Å². The Morgan fingerprint density at radius 2 is 2.00 bits per heavy atom. The molecule has 0 aliphatic rings. The van der Waals surface area contributed by atoms with Gasteiger partial charge in [-0.1, -0.05) is 17.7 Å². The first-order valence-electron chi connectivity index (χ1n) is 9.54. The summed E-state index contributed by atoms with van der Waals surface area (Å²) >= 11 is 6.33. The van der Waals surface area contributed by atoms with Crippen LogP contribution in [0.25, 0.3) is 0 Å². The topological polar surface area (TPSA) is 139 Å². The van der Waals surface area contributed by atoms with Gasteiger partial charge in [-0.3, -0.25) is 15.2 Å². The van der Waals surface area contributed by atoms with Crippen LogP contribution in [0.3, 0.4) is 0 Å². The summed E-state index contributed by atoms with van der Waals surface area (Å²) in [6, 6.07) is 6.02. The second kappa shape index (κ2) is 8.79. The number of nitrogens with zero attached hydrogens (tertiary/aromatic N) is 5. The van der Waals surface area contributed by atoms with Gasteiger partial charge in [-0.15, -0.1) is 0 Å². The van der Waals surface area contributed by atoms with Gasteiger partial charge in [0.25, 0.3) is 5.69 Å². The van der Waals surface area contributed by atoms with Crippen molar-refractivity contribution < 1.29 is 14.5 Å². The van der Waals surface area contributed by atoms with Gasteiger partial charge in [-0.25, -0.2) is 14.7 Å². The second-order valence-electron chi connectivity index (χ2n) is 7.97. The van der Waals surface area contributed by atoms with Crippen LogP contribution in [-0.4, -0.2) is 36.8 Å². The Morgan fingerprint density at radius 3 is 2.59 bits per heavy atom. The fourth-order valence-electron chi connectivity index (χ4n) is 2.67. The number of hydrogen-bond donors (Lipinski definition) is 2. The highest BCUT2D eigenvalue weighted by Gasteiger charge is 2.30. The molecule has 168 valence electrons. The average Bonchev–Trinajstić information content (AvgIpc) is 3.10. The maximum atomic E-state index is 13.0. The number of rotatable bonds is 5. The summed E-state index contributed by atoms with van der Waals surface area (Å²) in [7, 11) is 0. The molecule has 0 saturated heterocycles. The highest BCUT2D eigenvalue weighted by molar-refractivity contribution is 6.33. The molecule has 0 bridgehead atoms. The molecule has 11 nitrogen and oxygen atoms in total. The molecular formula is C20H22ClN7O4. The Labute approximate surface area is 188 Å². The van der Waals surface area contributed by atoms with Gasteiger partial charge in [-0.05, 0) is 40.2 Å². The predicted molar refractivity (Wildman–Crippen MR) is 120 cm³/mol. The van der Waals surface area contributed by atoms with Gasteiger partial charge < -0.3 is 10.1 Å². The van der Waals surface area contributed by atoms with E-state index in [1.807, 2.05) is 0 Å². The number of H-pyrrole nitrogens is 1. The third-order valence-corrected chi connectivity index (χ3v) is 4.38. The number of aromatic amines is 1. The summed E-state index contributed by atoms with van der Waals surface area (Å²) < 4.78 is 5.51. The van der Waals surface area contributed by atoms with E-state index in [0.29, 0.717) is 11.4 Å². The van der Waals surface area contributed by atoms with E-state index in [0.717, 1.165) is 10.5 Å². The molecule has 1 aromatic carbocycles. The monoisotopic (exact) mass is 459 g/mol. The van der Waals surface area contributed by atoms with Crippen LogP contribution in [0.4, 0.5) is 33.8 Å². The Bertz CT molecular complexity index is 1170. The number of aryl methyl sites for hydroxylation is 2. The molecule has 3 aromatic rings. The molecule has 32 heavy (non-hydrogen) atoms. The molecule has 0 unspecified atom stereocenters. The number of halogens is 1. The molecule has 2 heterocycles. The normalized spacial score (nSPS) is 11.2. The smallest absolute Gasteiger partial charge is 0.422 e. The first-order chi connectivity index (χ1) is 14.9. The summed E-state index contributed by atoms with van der Waals surface area (Å²) in [6.45, 7) is 8.77. The van der Waals surface area contributed by atoms with Crippen LogP contribution < -0.4 is 10.2 Å². The van der Waals surface area contributed by atoms with Crippen molar-refractivity contribution in [2.75, 3.05) is 10.2 Å². The minimum Gasteiger partial charge on any atom is -0.443 e. The minimum atomic E-state index is -0.776. The van der Waals surface area contributed by atoms with E-state index < -0.39 is 16.6 Å². The number of non-ortho nitro benzene ring substituents is 1. The first kappa shape index (κ1) is 22.9. The van der Waals surface area contributed by atoms with Crippen LogP contribution in [0.2, 0.25) is 5.02 Å². The van der Waals surface area contributed by atoms with Crippen LogP contribution in [0.5, 0.6) is 0 Å². The molecule has 0 saturated carbocycles. The third-order valence-electron chi connectivity index (χ3n) is 4.11. The maximum Gasteiger partial charge on any atom is 0.422 e. The van der Waals surface area contributed by atoms with Crippen LogP contribution >= 0.6 is 11.6 Å². The molecule has 3 rings (SSSR count). The predicted octanol–water partition coefficient (Wildman–Crippen LogP) is 5.19. The number of ether oxygens (including phenoxy) is 1. The number of amides is 1. The SMILES string of the molecule is Cc1cc(N(C(=O)OC(C)(C)C)c2nc(Nc3cc([N+](=O)[O-])ccc3C)ncc2Cl)n[nH]1. The van der Waals surface area contributed by atoms with Crippen molar-refractivity contribution in [3.8, 4) is 0 Å². The van der Waals surface area contributed by atoms with E-state index in [4.69, 9.17) is 16.3 Å². The number of benzene rings is 1. The summed E-state index contributed by atoms with van der Waals surface area (Å²) in [4.78, 5) is 33.2. The van der Waals surface area contributed by atoms with E-state index >= 15 is 0 Å². The largest absolute Gasteiger partial charge is 0.443 e. The van der Waals surface area contributed by atoms with Crippen LogP contribution in [0.15, 0.2) is 30.5 Å². The first-order valence-corrected chi connectivity index (χ1v) is 9.92. The Hall–Kier alpha value is -3.73. The van der Waals surface area contributed by atoms with Gasteiger partial charge in [0.05, 0.1) is 16.8 Å². The van der Waals surface area contributed by atoms with Crippen LogP contribution in [0, 0.1) is 24.0 Å². The maximum absolute atomic E-state index is 13.0. The fraction of sp³-hybridized carbons (Fsp3) is 0.300. The molecule has 0 radical (unpaired) electrons. The van der Waals surface area contributed by atoms with Crippen molar-refractivity contribution in [3.63, 3.8) is 0 Å². The number of anilines is 4. The second-order valence-corrected chi connectivity index (χ2v) is 8.38. The lowest BCUT2D eigenvalue weighted by atomic mass is 10.2. The fourth-order valence-corrected chi connectivity index (χ4v) is 2.84. The number of nitro groups is 1. The van der Waals surface area contributed by atoms with Gasteiger partial charge in [0.1, 0.15) is 10.6 Å². The van der Waals surface area contributed by atoms with E-state index in [9.17, 15) is 14.9 Å². The number of hydrogen-bond acceptors (Lipinski definition) is 8. The zero-order valence-electron chi connectivity index (χ0n) is 18.1. The molecule has 2 aromatic heterocycles. The quantitative estimate of drug-likeness (QED) is 0.392. The summed E-state index contributed by atoms with van der Waals surface area (Å²) in [6.07, 6.45) is 0.581. The molecule has 0 atom stereocenters. The third kappa shape index (κ3) is 5.30. The molecular weight excluding hydrogens is 438 g/mol. The van der Waals surface area contributed by atoms with Crippen LogP contribution in [-0.2, 0) is 4.74 Å². The van der Waals surface area contributed by atoms with E-state index in [1.54, 1.807) is 46.8 Å². The van der Waals surface area contributed by atoms with Crippen molar-refractivity contribution in [2.24, 2.45) is 0 Å². The number of carbonyl (C=O) groups is 1. The van der Waals surface area contributed by atoms with Crippen molar-refractivity contribution in [1.82, 2.24) is 20.2 Å². The molecule has 0 spiro atoms. The van der Waals surface area contributed by atoms with Crippen molar-refractivity contribution in [2.45, 2.75) is 40.2 Å². The number of nitro benzene ring substituents is 1. The molecule has 1 amide bonds. The highest BCUT2D eigenvalue weighted by Crippen LogP contribution is 2.32. The van der Waals surface area contributed by atoms with Crippen molar-refractivity contribution >= 4 is 46.7 Å². The molecule has 2 N–H and O–H groups in total. The lowest BCUT2D eigenvalue weighted by Crippen LogP contribution is -2.34. The highest BCUT2D eigenvalue weighted by atomic mass is 35.5. The summed E-state index contributed by atoms with van der Waals surface area (Å²) in [5.74, 6) is 0.344. The van der Waals surface area contributed by atoms with Gasteiger partial charge in [0, 0.05) is 23.9 Å². The summed E-state index contributed by atoms with van der Waals surface area (Å²) in [5, 5.41) is 21.0. The Balaban J connectivity index is 2.04. The average molecular weight is 460 g/mol. The zero-order chi connectivity index (χ0) is 23.6. The van der Waals surface area contributed by atoms with Gasteiger partial charge >= 0.3 is 6.09 Å². The van der Waals surface area contributed by atoms with E-state index in [2.05, 4.69) is 25.5 Å². The molecule has 0 aliphatic heterocycles.